The van der Waals surface area contributed by atoms with Crippen molar-refractivity contribution in [1.82, 2.24) is 15.1 Å². The number of rotatable bonds is 5. The molecule has 0 saturated heterocycles. The third kappa shape index (κ3) is 3.61. The van der Waals surface area contributed by atoms with Crippen molar-refractivity contribution in [3.05, 3.63) is 46.3 Å². The minimum Gasteiger partial charge on any atom is -0.507 e. The molecule has 0 aliphatic carbocycles. The summed E-state index contributed by atoms with van der Waals surface area (Å²) in [6, 6.07) is 3.81. The van der Waals surface area contributed by atoms with Crippen LogP contribution < -0.4 is 0 Å². The van der Waals surface area contributed by atoms with E-state index >= 15 is 0 Å². The zero-order chi connectivity index (χ0) is 18.0. The Bertz CT molecular complexity index is 732. The van der Waals surface area contributed by atoms with Crippen molar-refractivity contribution in [2.24, 2.45) is 0 Å². The van der Waals surface area contributed by atoms with Crippen molar-refractivity contribution in [2.75, 3.05) is 7.05 Å². The Morgan fingerprint density at radius 3 is 2.42 bits per heavy atom. The zero-order valence-electron chi connectivity index (χ0n) is 15.3. The van der Waals surface area contributed by atoms with Gasteiger partial charge < -0.3 is 10.0 Å². The third-order valence-electron chi connectivity index (χ3n) is 4.37. The largest absolute Gasteiger partial charge is 0.507 e. The molecule has 1 aromatic heterocycles. The van der Waals surface area contributed by atoms with E-state index in [9.17, 15) is 9.90 Å². The SMILES string of the molecule is Cc1[nH]ncc1CN(C)C(=O)c1cc(C(C)C)cc(C(C)C)c1O. The van der Waals surface area contributed by atoms with Crippen LogP contribution in [-0.4, -0.2) is 33.2 Å². The molecule has 0 radical (unpaired) electrons. The van der Waals surface area contributed by atoms with Crippen molar-refractivity contribution < 1.29 is 9.90 Å². The van der Waals surface area contributed by atoms with Crippen molar-refractivity contribution in [3.63, 3.8) is 0 Å². The van der Waals surface area contributed by atoms with E-state index in [-0.39, 0.29) is 23.5 Å². The minimum absolute atomic E-state index is 0.0927. The fraction of sp³-hybridized carbons (Fsp3) is 0.474. The van der Waals surface area contributed by atoms with Crippen molar-refractivity contribution >= 4 is 5.91 Å². The van der Waals surface area contributed by atoms with E-state index in [4.69, 9.17) is 0 Å². The Balaban J connectivity index is 2.38. The van der Waals surface area contributed by atoms with Gasteiger partial charge in [0.15, 0.2) is 0 Å². The Kier molecular flexibility index (Phi) is 5.32. The smallest absolute Gasteiger partial charge is 0.257 e. The number of aromatic amines is 1. The average molecular weight is 329 g/mol. The second-order valence-corrected chi connectivity index (χ2v) is 7.00. The van der Waals surface area contributed by atoms with Crippen LogP contribution in [0.1, 0.15) is 72.3 Å². The van der Waals surface area contributed by atoms with Crippen LogP contribution in [0.4, 0.5) is 0 Å². The standard InChI is InChI=1S/C19H27N3O2/c1-11(2)14-7-16(12(3)4)18(23)17(8-14)19(24)22(6)10-15-9-20-21-13(15)5/h7-9,11-12,23H,10H2,1-6H3,(H,20,21). The predicted octanol–water partition coefficient (Wildman–Crippen LogP) is 3.94. The highest BCUT2D eigenvalue weighted by Crippen LogP contribution is 2.33. The van der Waals surface area contributed by atoms with Crippen LogP contribution in [0.25, 0.3) is 0 Å². The molecule has 1 aromatic carbocycles. The van der Waals surface area contributed by atoms with Crippen LogP contribution in [0.5, 0.6) is 5.75 Å². The molecule has 0 spiro atoms. The van der Waals surface area contributed by atoms with Crippen LogP contribution >= 0.6 is 0 Å². The normalized spacial score (nSPS) is 11.3. The first kappa shape index (κ1) is 18.0. The highest BCUT2D eigenvalue weighted by atomic mass is 16.3. The van der Waals surface area contributed by atoms with Crippen LogP contribution in [0.3, 0.4) is 0 Å². The van der Waals surface area contributed by atoms with Gasteiger partial charge in [0.2, 0.25) is 0 Å². The van der Waals surface area contributed by atoms with Gasteiger partial charge >= 0.3 is 0 Å². The van der Waals surface area contributed by atoms with E-state index in [1.54, 1.807) is 18.1 Å². The molecule has 2 N–H and O–H groups in total. The molecule has 1 heterocycles. The van der Waals surface area contributed by atoms with Crippen LogP contribution in [-0.2, 0) is 6.54 Å². The number of nitrogens with one attached hydrogen (secondary N) is 1. The summed E-state index contributed by atoms with van der Waals surface area (Å²) in [6.45, 7) is 10.6. The number of carbonyl (C=O) groups is 1. The van der Waals surface area contributed by atoms with E-state index in [0.29, 0.717) is 12.1 Å². The molecule has 5 nitrogen and oxygen atoms in total. The summed E-state index contributed by atoms with van der Waals surface area (Å²) in [4.78, 5) is 14.5. The monoisotopic (exact) mass is 329 g/mol. The Morgan fingerprint density at radius 1 is 1.25 bits per heavy atom. The maximum Gasteiger partial charge on any atom is 0.257 e. The summed E-state index contributed by atoms with van der Waals surface area (Å²) in [7, 11) is 1.74. The second-order valence-electron chi connectivity index (χ2n) is 7.00. The predicted molar refractivity (Wildman–Crippen MR) is 95.4 cm³/mol. The summed E-state index contributed by atoms with van der Waals surface area (Å²) in [5.41, 5.74) is 4.16. The summed E-state index contributed by atoms with van der Waals surface area (Å²) < 4.78 is 0. The summed E-state index contributed by atoms with van der Waals surface area (Å²) in [5, 5.41) is 17.5. The molecule has 0 atom stereocenters. The number of benzene rings is 1. The van der Waals surface area contributed by atoms with Gasteiger partial charge in [0.05, 0.1) is 11.8 Å². The molecule has 0 fully saturated rings. The van der Waals surface area contributed by atoms with E-state index in [0.717, 1.165) is 22.4 Å². The number of aryl methyl sites for hydroxylation is 1. The van der Waals surface area contributed by atoms with E-state index in [2.05, 4.69) is 24.0 Å². The van der Waals surface area contributed by atoms with Crippen molar-refractivity contribution in [1.29, 1.82) is 0 Å². The van der Waals surface area contributed by atoms with Gasteiger partial charge in [0.1, 0.15) is 5.75 Å². The molecule has 24 heavy (non-hydrogen) atoms. The van der Waals surface area contributed by atoms with Crippen LogP contribution in [0.15, 0.2) is 18.3 Å². The number of nitrogens with zero attached hydrogens (tertiary/aromatic N) is 2. The first-order valence-corrected chi connectivity index (χ1v) is 8.33. The number of aromatic hydroxyl groups is 1. The molecular formula is C19H27N3O2. The van der Waals surface area contributed by atoms with Gasteiger partial charge in [0.25, 0.3) is 5.91 Å². The lowest BCUT2D eigenvalue weighted by atomic mass is 9.91. The maximum atomic E-state index is 12.9. The zero-order valence-corrected chi connectivity index (χ0v) is 15.3. The van der Waals surface area contributed by atoms with Gasteiger partial charge in [-0.25, -0.2) is 0 Å². The quantitative estimate of drug-likeness (QED) is 0.873. The molecule has 0 aliphatic rings. The molecular weight excluding hydrogens is 302 g/mol. The van der Waals surface area contributed by atoms with Gasteiger partial charge in [-0.05, 0) is 36.0 Å². The van der Waals surface area contributed by atoms with E-state index in [1.165, 1.54) is 0 Å². The molecule has 130 valence electrons. The molecule has 5 heteroatoms. The highest BCUT2D eigenvalue weighted by Gasteiger charge is 2.22. The van der Waals surface area contributed by atoms with Crippen molar-refractivity contribution in [2.45, 2.75) is 53.0 Å². The summed E-state index contributed by atoms with van der Waals surface area (Å²) in [6.07, 6.45) is 1.73. The van der Waals surface area contributed by atoms with Crippen LogP contribution in [0.2, 0.25) is 0 Å². The first-order valence-electron chi connectivity index (χ1n) is 8.33. The Labute approximate surface area is 143 Å². The molecule has 2 rings (SSSR count). The second kappa shape index (κ2) is 7.07. The Hall–Kier alpha value is -2.30. The molecule has 0 unspecified atom stereocenters. The maximum absolute atomic E-state index is 12.9. The number of phenolic OH excluding ortho intramolecular Hbond substituents is 1. The third-order valence-corrected chi connectivity index (χ3v) is 4.37. The topological polar surface area (TPSA) is 69.2 Å². The number of hydrogen-bond acceptors (Lipinski definition) is 3. The van der Waals surface area contributed by atoms with Gasteiger partial charge in [-0.1, -0.05) is 33.8 Å². The number of carbonyl (C=O) groups excluding carboxylic acids is 1. The van der Waals surface area contributed by atoms with Crippen molar-refractivity contribution in [3.8, 4) is 5.75 Å². The fourth-order valence-electron chi connectivity index (χ4n) is 2.68. The lowest BCUT2D eigenvalue weighted by molar-refractivity contribution is 0.0781. The molecule has 0 bridgehead atoms. The van der Waals surface area contributed by atoms with Gasteiger partial charge in [-0.3, -0.25) is 9.89 Å². The summed E-state index contributed by atoms with van der Waals surface area (Å²) >= 11 is 0. The van der Waals surface area contributed by atoms with E-state index in [1.807, 2.05) is 32.9 Å². The summed E-state index contributed by atoms with van der Waals surface area (Å²) in [5.74, 6) is 0.348. The van der Waals surface area contributed by atoms with Gasteiger partial charge in [-0.2, -0.15) is 5.10 Å². The first-order chi connectivity index (χ1) is 11.2. The number of H-pyrrole nitrogens is 1. The van der Waals surface area contributed by atoms with E-state index < -0.39 is 0 Å². The number of amides is 1. The molecule has 0 saturated carbocycles. The fourth-order valence-corrected chi connectivity index (χ4v) is 2.68. The number of phenols is 1. The molecule has 0 aliphatic heterocycles. The number of aromatic nitrogens is 2. The highest BCUT2D eigenvalue weighted by molar-refractivity contribution is 5.97. The minimum atomic E-state index is -0.183. The lowest BCUT2D eigenvalue weighted by Crippen LogP contribution is -2.27. The Morgan fingerprint density at radius 2 is 1.92 bits per heavy atom. The molecule has 2 aromatic rings. The molecule has 1 amide bonds. The number of hydrogen-bond donors (Lipinski definition) is 2. The van der Waals surface area contributed by atoms with Gasteiger partial charge in [0, 0.05) is 24.8 Å². The lowest BCUT2D eigenvalue weighted by Gasteiger charge is -2.21. The average Bonchev–Trinajstić information content (AvgIpc) is 2.91. The van der Waals surface area contributed by atoms with Gasteiger partial charge in [-0.15, -0.1) is 0 Å². The van der Waals surface area contributed by atoms with Crippen LogP contribution in [0, 0.1) is 6.92 Å².